The second-order valence-electron chi connectivity index (χ2n) is 5.47. The first-order valence-electron chi connectivity index (χ1n) is 7.26. The van der Waals surface area contributed by atoms with Crippen molar-refractivity contribution in [1.29, 1.82) is 5.41 Å². The van der Waals surface area contributed by atoms with Gasteiger partial charge in [-0.1, -0.05) is 0 Å². The fraction of sp³-hybridized carbons (Fsp3) is 0.118. The van der Waals surface area contributed by atoms with Crippen LogP contribution >= 0.6 is 23.2 Å². The van der Waals surface area contributed by atoms with Gasteiger partial charge in [0.15, 0.2) is 0 Å². The fourth-order valence-electron chi connectivity index (χ4n) is 2.59. The molecule has 0 radical (unpaired) electrons. The van der Waals surface area contributed by atoms with Crippen molar-refractivity contribution < 1.29 is 9.59 Å². The summed E-state index contributed by atoms with van der Waals surface area (Å²) in [6, 6.07) is 10.7. The van der Waals surface area contributed by atoms with E-state index in [9.17, 15) is 9.59 Å². The van der Waals surface area contributed by atoms with Crippen LogP contribution < -0.4 is 10.6 Å². The molecule has 128 valence electrons. The minimum absolute atomic E-state index is 0.0510. The van der Waals surface area contributed by atoms with Gasteiger partial charge in [0.1, 0.15) is 0 Å². The van der Waals surface area contributed by atoms with Crippen LogP contribution in [0.2, 0.25) is 10.0 Å². The molecule has 0 bridgehead atoms. The molecule has 0 unspecified atom stereocenters. The molecule has 8 heteroatoms. The van der Waals surface area contributed by atoms with Crippen LogP contribution in [-0.2, 0) is 16.7 Å². The summed E-state index contributed by atoms with van der Waals surface area (Å²) < 4.78 is 0.211. The average Bonchev–Trinajstić information content (AvgIpc) is 2.79. The van der Waals surface area contributed by atoms with Crippen molar-refractivity contribution in [1.82, 2.24) is 0 Å². The van der Waals surface area contributed by atoms with Crippen LogP contribution in [0.1, 0.15) is 21.5 Å². The van der Waals surface area contributed by atoms with Crippen LogP contribution in [0.15, 0.2) is 36.4 Å². The zero-order chi connectivity index (χ0) is 18.1. The van der Waals surface area contributed by atoms with Crippen LogP contribution in [0, 0.1) is 5.41 Å². The van der Waals surface area contributed by atoms with Gasteiger partial charge in [0, 0.05) is 0 Å². The standard InChI is InChI=1S/C17H13Cl2N3O2Se/c18-11-5-12-14(13(19)6-11)22(16(24)15(12)23)7-9-1-3-10(4-2-9)8-25-17(20)21/h1-6H,7-8H2,(H3,20,21). The predicted molar refractivity (Wildman–Crippen MR) is 99.8 cm³/mol. The molecule has 0 fully saturated rings. The molecule has 5 nitrogen and oxygen atoms in total. The van der Waals surface area contributed by atoms with Crippen LogP contribution in [0.4, 0.5) is 5.69 Å². The molecule has 1 aliphatic heterocycles. The fourth-order valence-corrected chi connectivity index (χ4v) is 4.26. The van der Waals surface area contributed by atoms with E-state index >= 15 is 0 Å². The number of carbonyl (C=O) groups is 2. The Kier molecular flexibility index (Phi) is 5.16. The van der Waals surface area contributed by atoms with Crippen molar-refractivity contribution in [2.45, 2.75) is 11.9 Å². The third-order valence-corrected chi connectivity index (χ3v) is 5.90. The summed E-state index contributed by atoms with van der Waals surface area (Å²) >= 11 is 12.1. The van der Waals surface area contributed by atoms with E-state index in [4.69, 9.17) is 34.3 Å². The predicted octanol–water partition coefficient (Wildman–Crippen LogP) is 2.82. The molecule has 1 heterocycles. The number of benzene rings is 2. The van der Waals surface area contributed by atoms with E-state index in [1.54, 1.807) is 0 Å². The number of Topliss-reactive ketones (excluding diaryl/α,β-unsaturated/α-hetero) is 1. The van der Waals surface area contributed by atoms with Gasteiger partial charge in [0.25, 0.3) is 0 Å². The molecule has 0 spiro atoms. The summed E-state index contributed by atoms with van der Waals surface area (Å²) in [6.07, 6.45) is 0. The second-order valence-corrected chi connectivity index (χ2v) is 8.45. The number of amidine groups is 1. The summed E-state index contributed by atoms with van der Waals surface area (Å²) in [6.45, 7) is 0.247. The van der Waals surface area contributed by atoms with E-state index in [0.29, 0.717) is 10.7 Å². The molecular weight excluding hydrogens is 428 g/mol. The SMILES string of the molecule is N=C(N)[Se]Cc1ccc(CN2C(=O)C(=O)c3cc(Cl)cc(Cl)c32)cc1. The van der Waals surface area contributed by atoms with Crippen LogP contribution in [-0.4, -0.2) is 31.4 Å². The molecule has 3 N–H and O–H groups in total. The number of anilines is 1. The van der Waals surface area contributed by atoms with Crippen molar-refractivity contribution in [2.75, 3.05) is 4.90 Å². The van der Waals surface area contributed by atoms with Gasteiger partial charge in [0.05, 0.1) is 0 Å². The van der Waals surface area contributed by atoms with Crippen molar-refractivity contribution >= 4 is 60.3 Å². The van der Waals surface area contributed by atoms with Crippen molar-refractivity contribution in [2.24, 2.45) is 5.73 Å². The Balaban J connectivity index is 1.83. The van der Waals surface area contributed by atoms with E-state index in [1.165, 1.54) is 17.0 Å². The Morgan fingerprint density at radius 1 is 1.12 bits per heavy atom. The van der Waals surface area contributed by atoms with Gasteiger partial charge in [-0.15, -0.1) is 0 Å². The first-order valence-corrected chi connectivity index (χ1v) is 10.1. The molecule has 2 aromatic rings. The van der Waals surface area contributed by atoms with E-state index in [0.717, 1.165) is 16.4 Å². The van der Waals surface area contributed by atoms with E-state index in [1.807, 2.05) is 24.3 Å². The number of fused-ring (bicyclic) bond motifs is 1. The van der Waals surface area contributed by atoms with Crippen molar-refractivity contribution in [3.05, 3.63) is 63.1 Å². The molecule has 1 amide bonds. The van der Waals surface area contributed by atoms with Gasteiger partial charge >= 0.3 is 161 Å². The molecular formula is C17H13Cl2N3O2Se. The van der Waals surface area contributed by atoms with E-state index < -0.39 is 11.7 Å². The Bertz CT molecular complexity index is 884. The first-order chi connectivity index (χ1) is 11.9. The van der Waals surface area contributed by atoms with Crippen molar-refractivity contribution in [3.8, 4) is 0 Å². The zero-order valence-corrected chi connectivity index (χ0v) is 16.1. The molecule has 25 heavy (non-hydrogen) atoms. The molecule has 0 saturated carbocycles. The molecule has 1 aliphatic rings. The topological polar surface area (TPSA) is 87.2 Å². The maximum atomic E-state index is 12.3. The molecule has 2 aromatic carbocycles. The summed E-state index contributed by atoms with van der Waals surface area (Å²) in [5.41, 5.74) is 7.99. The summed E-state index contributed by atoms with van der Waals surface area (Å²) in [4.78, 5) is 25.9. The number of hydrogen-bond donors (Lipinski definition) is 2. The third kappa shape index (κ3) is 3.72. The van der Waals surface area contributed by atoms with E-state index in [-0.39, 0.29) is 36.8 Å². The Hall–Kier alpha value is -1.85. The number of hydrogen-bond acceptors (Lipinski definition) is 3. The molecule has 0 saturated heterocycles. The summed E-state index contributed by atoms with van der Waals surface area (Å²) in [7, 11) is 0. The average molecular weight is 441 g/mol. The summed E-state index contributed by atoms with van der Waals surface area (Å²) in [5.74, 6) is -1.21. The van der Waals surface area contributed by atoms with Gasteiger partial charge in [-0.25, -0.2) is 0 Å². The Morgan fingerprint density at radius 2 is 1.76 bits per heavy atom. The molecule has 3 rings (SSSR count). The first kappa shape index (κ1) is 18.0. The Labute approximate surface area is 160 Å². The van der Waals surface area contributed by atoms with Gasteiger partial charge in [-0.3, -0.25) is 0 Å². The molecule has 0 atom stereocenters. The maximum absolute atomic E-state index is 12.3. The van der Waals surface area contributed by atoms with Crippen LogP contribution in [0.25, 0.3) is 0 Å². The number of carbonyl (C=O) groups excluding carboxylic acids is 2. The van der Waals surface area contributed by atoms with Gasteiger partial charge < -0.3 is 0 Å². The second kappa shape index (κ2) is 7.18. The molecule has 0 aliphatic carbocycles. The number of rotatable bonds is 5. The summed E-state index contributed by atoms with van der Waals surface area (Å²) in [5, 5.41) is 8.64. The van der Waals surface area contributed by atoms with E-state index in [2.05, 4.69) is 0 Å². The van der Waals surface area contributed by atoms with Gasteiger partial charge in [-0.2, -0.15) is 0 Å². The number of amides is 1. The van der Waals surface area contributed by atoms with Crippen LogP contribution in [0.5, 0.6) is 0 Å². The monoisotopic (exact) mass is 441 g/mol. The number of nitrogens with two attached hydrogens (primary N) is 1. The van der Waals surface area contributed by atoms with Gasteiger partial charge in [-0.05, 0) is 0 Å². The van der Waals surface area contributed by atoms with Crippen LogP contribution in [0.3, 0.4) is 0 Å². The minimum atomic E-state index is -0.608. The zero-order valence-electron chi connectivity index (χ0n) is 12.9. The molecule has 0 aromatic heterocycles. The third-order valence-electron chi connectivity index (χ3n) is 3.74. The normalized spacial score (nSPS) is 13.3. The number of halogens is 2. The van der Waals surface area contributed by atoms with Crippen molar-refractivity contribution in [3.63, 3.8) is 0 Å². The van der Waals surface area contributed by atoms with Gasteiger partial charge in [0.2, 0.25) is 0 Å². The quantitative estimate of drug-likeness (QED) is 0.324. The number of nitrogens with one attached hydrogen (secondary N) is 1. The number of nitrogens with zero attached hydrogens (tertiary/aromatic N) is 1. The Morgan fingerprint density at radius 3 is 2.40 bits per heavy atom. The number of ketones is 1.